The van der Waals surface area contributed by atoms with Crippen molar-refractivity contribution < 1.29 is 13.2 Å². The number of nitrogens with one attached hydrogen (secondary N) is 1. The number of hydrogen-bond donors (Lipinski definition) is 2. The Bertz CT molecular complexity index is 895. The number of para-hydroxylation sites is 1. The van der Waals surface area contributed by atoms with Gasteiger partial charge in [0.2, 0.25) is 10.0 Å². The fourth-order valence-corrected chi connectivity index (χ4v) is 2.93. The molecule has 0 saturated heterocycles. The number of benzene rings is 2. The molecule has 0 atom stereocenters. The van der Waals surface area contributed by atoms with E-state index in [0.717, 1.165) is 0 Å². The maximum Gasteiger partial charge on any atom is 0.238 e. The van der Waals surface area contributed by atoms with E-state index in [4.69, 9.17) is 9.88 Å². The number of tetrazole rings is 1. The van der Waals surface area contributed by atoms with Gasteiger partial charge in [0, 0.05) is 11.1 Å². The number of sulfonamides is 1. The number of nitrogens with two attached hydrogens (primary N) is 1. The summed E-state index contributed by atoms with van der Waals surface area (Å²) < 4.78 is 29.3. The van der Waals surface area contributed by atoms with Crippen LogP contribution in [0.3, 0.4) is 0 Å². The first-order chi connectivity index (χ1) is 11.1. The third-order valence-corrected chi connectivity index (χ3v) is 4.09. The maximum absolute atomic E-state index is 11.8. The molecular weight excluding hydrogens is 318 g/mol. The molecule has 0 unspecified atom stereocenters. The summed E-state index contributed by atoms with van der Waals surface area (Å²) in [7, 11) is -3.94. The summed E-state index contributed by atoms with van der Waals surface area (Å²) in [6, 6.07) is 13.9. The van der Waals surface area contributed by atoms with Gasteiger partial charge >= 0.3 is 0 Å². The van der Waals surface area contributed by atoms with Crippen molar-refractivity contribution in [1.82, 2.24) is 20.6 Å². The minimum absolute atomic E-state index is 0.0646. The molecule has 3 aromatic rings. The number of rotatable bonds is 5. The summed E-state index contributed by atoms with van der Waals surface area (Å²) in [6.45, 7) is 0.142. The second-order valence-corrected chi connectivity index (χ2v) is 6.22. The highest BCUT2D eigenvalue weighted by atomic mass is 32.2. The van der Waals surface area contributed by atoms with Crippen molar-refractivity contribution in [2.45, 2.75) is 11.5 Å². The van der Waals surface area contributed by atoms with E-state index in [-0.39, 0.29) is 17.3 Å². The first-order valence-electron chi connectivity index (χ1n) is 6.62. The van der Waals surface area contributed by atoms with Crippen LogP contribution in [-0.2, 0) is 16.6 Å². The molecule has 0 amide bonds. The lowest BCUT2D eigenvalue weighted by molar-refractivity contribution is 0.306. The molecule has 1 aromatic heterocycles. The number of primary sulfonamides is 1. The van der Waals surface area contributed by atoms with Crippen LogP contribution in [0, 0.1) is 0 Å². The number of ether oxygens (including phenoxy) is 1. The van der Waals surface area contributed by atoms with Crippen LogP contribution in [0.25, 0.3) is 11.4 Å². The molecule has 0 saturated carbocycles. The quantitative estimate of drug-likeness (QED) is 0.721. The van der Waals surface area contributed by atoms with Crippen molar-refractivity contribution >= 4 is 10.0 Å². The Morgan fingerprint density at radius 1 is 1.09 bits per heavy atom. The Balaban J connectivity index is 2.03. The smallest absolute Gasteiger partial charge is 0.238 e. The number of aromatic nitrogens is 4. The van der Waals surface area contributed by atoms with Gasteiger partial charge < -0.3 is 4.74 Å². The first-order valence-corrected chi connectivity index (χ1v) is 8.17. The molecule has 0 bridgehead atoms. The lowest BCUT2D eigenvalue weighted by Crippen LogP contribution is -2.15. The van der Waals surface area contributed by atoms with Crippen molar-refractivity contribution in [2.24, 2.45) is 5.14 Å². The van der Waals surface area contributed by atoms with Gasteiger partial charge in [-0.2, -0.15) is 0 Å². The second-order valence-electron chi connectivity index (χ2n) is 4.69. The lowest BCUT2D eigenvalue weighted by atomic mass is 10.1. The van der Waals surface area contributed by atoms with Crippen LogP contribution in [-0.4, -0.2) is 29.0 Å². The van der Waals surface area contributed by atoms with Gasteiger partial charge in [0.1, 0.15) is 12.4 Å². The van der Waals surface area contributed by atoms with Gasteiger partial charge in [-0.15, -0.1) is 5.10 Å². The Morgan fingerprint density at radius 3 is 2.52 bits per heavy atom. The van der Waals surface area contributed by atoms with Gasteiger partial charge in [-0.3, -0.25) is 0 Å². The molecule has 0 spiro atoms. The SMILES string of the molecule is NS(=O)(=O)c1cccc(COc2ccccc2)c1-c1nnn[nH]1. The topological polar surface area (TPSA) is 124 Å². The molecular formula is C14H13N5O3S. The number of hydrogen-bond acceptors (Lipinski definition) is 6. The van der Waals surface area contributed by atoms with Gasteiger partial charge in [-0.25, -0.2) is 18.7 Å². The third kappa shape index (κ3) is 3.35. The average molecular weight is 331 g/mol. The highest BCUT2D eigenvalue weighted by molar-refractivity contribution is 7.89. The summed E-state index contributed by atoms with van der Waals surface area (Å²) in [5.74, 6) is 0.872. The molecule has 23 heavy (non-hydrogen) atoms. The predicted octanol–water partition coefficient (Wildman–Crippen LogP) is 1.09. The molecule has 0 aliphatic carbocycles. The van der Waals surface area contributed by atoms with Crippen LogP contribution in [0.2, 0.25) is 0 Å². The zero-order valence-corrected chi connectivity index (χ0v) is 12.7. The summed E-state index contributed by atoms with van der Waals surface area (Å²) in [4.78, 5) is -0.0646. The Morgan fingerprint density at radius 2 is 1.87 bits per heavy atom. The van der Waals surface area contributed by atoms with Crippen LogP contribution in [0.5, 0.6) is 5.75 Å². The molecule has 1 heterocycles. The van der Waals surface area contributed by atoms with Crippen molar-refractivity contribution in [1.29, 1.82) is 0 Å². The monoisotopic (exact) mass is 331 g/mol. The first kappa shape index (κ1) is 15.1. The minimum atomic E-state index is -3.94. The average Bonchev–Trinajstić information content (AvgIpc) is 3.07. The number of aromatic amines is 1. The lowest BCUT2D eigenvalue weighted by Gasteiger charge is -2.12. The Hall–Kier alpha value is -2.78. The highest BCUT2D eigenvalue weighted by Gasteiger charge is 2.21. The zero-order valence-electron chi connectivity index (χ0n) is 11.9. The van der Waals surface area contributed by atoms with E-state index in [1.807, 2.05) is 18.2 Å². The predicted molar refractivity (Wildman–Crippen MR) is 81.8 cm³/mol. The molecule has 3 rings (SSSR count). The van der Waals surface area contributed by atoms with Crippen molar-refractivity contribution in [3.63, 3.8) is 0 Å². The zero-order chi connectivity index (χ0) is 16.3. The molecule has 9 heteroatoms. The molecule has 0 aliphatic rings. The summed E-state index contributed by atoms with van der Waals surface area (Å²) >= 11 is 0. The standard InChI is InChI=1S/C14H13N5O3S/c15-23(20,21)12-8-4-5-10(13(12)14-16-18-19-17-14)9-22-11-6-2-1-3-7-11/h1-8H,9H2,(H2,15,20,21)(H,16,17,18,19). The van der Waals surface area contributed by atoms with Crippen molar-refractivity contribution in [3.05, 3.63) is 54.1 Å². The van der Waals surface area contributed by atoms with Crippen LogP contribution in [0.1, 0.15) is 5.56 Å². The number of H-pyrrole nitrogens is 1. The summed E-state index contributed by atoms with van der Waals surface area (Å²) in [6.07, 6.45) is 0. The molecule has 118 valence electrons. The minimum Gasteiger partial charge on any atom is -0.489 e. The summed E-state index contributed by atoms with van der Waals surface area (Å²) in [5.41, 5.74) is 0.898. The third-order valence-electron chi connectivity index (χ3n) is 3.14. The van der Waals surface area contributed by atoms with Gasteiger partial charge in [0.25, 0.3) is 0 Å². The van der Waals surface area contributed by atoms with E-state index >= 15 is 0 Å². The Labute approximate surface area is 132 Å². The van der Waals surface area contributed by atoms with Gasteiger partial charge in [-0.05, 0) is 28.6 Å². The molecule has 0 radical (unpaired) electrons. The number of nitrogens with zero attached hydrogens (tertiary/aromatic N) is 3. The van der Waals surface area contributed by atoms with E-state index in [1.54, 1.807) is 24.3 Å². The van der Waals surface area contributed by atoms with Gasteiger partial charge in [-0.1, -0.05) is 30.3 Å². The van der Waals surface area contributed by atoms with Crippen LogP contribution < -0.4 is 9.88 Å². The van der Waals surface area contributed by atoms with Gasteiger partial charge in [0.05, 0.1) is 4.90 Å². The van der Waals surface area contributed by atoms with E-state index in [9.17, 15) is 8.42 Å². The fraction of sp³-hybridized carbons (Fsp3) is 0.0714. The van der Waals surface area contributed by atoms with E-state index in [0.29, 0.717) is 16.9 Å². The maximum atomic E-state index is 11.8. The van der Waals surface area contributed by atoms with E-state index in [2.05, 4.69) is 20.6 Å². The van der Waals surface area contributed by atoms with Crippen molar-refractivity contribution in [3.8, 4) is 17.1 Å². The van der Waals surface area contributed by atoms with Crippen LogP contribution in [0.4, 0.5) is 0 Å². The Kier molecular flexibility index (Phi) is 4.04. The second kappa shape index (κ2) is 6.15. The van der Waals surface area contributed by atoms with Crippen LogP contribution >= 0.6 is 0 Å². The molecule has 2 aromatic carbocycles. The van der Waals surface area contributed by atoms with Crippen LogP contribution in [0.15, 0.2) is 53.4 Å². The van der Waals surface area contributed by atoms with E-state index in [1.165, 1.54) is 6.07 Å². The molecule has 0 fully saturated rings. The largest absolute Gasteiger partial charge is 0.489 e. The normalized spacial score (nSPS) is 11.3. The van der Waals surface area contributed by atoms with Gasteiger partial charge in [0.15, 0.2) is 5.82 Å². The molecule has 0 aliphatic heterocycles. The fourth-order valence-electron chi connectivity index (χ4n) is 2.15. The van der Waals surface area contributed by atoms with Crippen molar-refractivity contribution in [2.75, 3.05) is 0 Å². The summed E-state index contributed by atoms with van der Waals surface area (Å²) in [5, 5.41) is 18.6. The molecule has 3 N–H and O–H groups in total. The molecule has 8 nitrogen and oxygen atoms in total. The highest BCUT2D eigenvalue weighted by Crippen LogP contribution is 2.28. The van der Waals surface area contributed by atoms with E-state index < -0.39 is 10.0 Å².